The molecule has 0 amide bonds. The number of piperidine rings is 1. The largest absolute Gasteiger partial charge is 0.393 e. The average molecular weight is 281 g/mol. The third-order valence-corrected chi connectivity index (χ3v) is 4.83. The first kappa shape index (κ1) is 14.3. The van der Waals surface area contributed by atoms with E-state index in [-0.39, 0.29) is 24.1 Å². The zero-order valence-corrected chi connectivity index (χ0v) is 12.7. The number of benzene rings is 2. The van der Waals surface area contributed by atoms with Gasteiger partial charge in [0.1, 0.15) is 0 Å². The summed E-state index contributed by atoms with van der Waals surface area (Å²) in [5.74, 6) is 0.234. The van der Waals surface area contributed by atoms with E-state index in [1.54, 1.807) is 0 Å². The van der Waals surface area contributed by atoms with Crippen molar-refractivity contribution >= 4 is 0 Å². The Kier molecular flexibility index (Phi) is 4.09. The predicted molar refractivity (Wildman–Crippen MR) is 85.9 cm³/mol. The Morgan fingerprint density at radius 3 is 2.00 bits per heavy atom. The normalized spacial score (nSPS) is 30.2. The minimum atomic E-state index is -0.267. The Morgan fingerprint density at radius 2 is 1.43 bits per heavy atom. The van der Waals surface area contributed by atoms with Crippen LogP contribution in [0.2, 0.25) is 0 Å². The molecule has 1 saturated heterocycles. The molecule has 1 fully saturated rings. The molecule has 2 aromatic carbocycles. The third kappa shape index (κ3) is 2.74. The van der Waals surface area contributed by atoms with Crippen LogP contribution in [-0.4, -0.2) is 23.2 Å². The second kappa shape index (κ2) is 6.00. The number of likely N-dealkylation sites (tertiary alicyclic amines) is 1. The van der Waals surface area contributed by atoms with E-state index in [4.69, 9.17) is 0 Å². The lowest BCUT2D eigenvalue weighted by Crippen LogP contribution is -2.44. The van der Waals surface area contributed by atoms with Gasteiger partial charge in [-0.1, -0.05) is 67.6 Å². The van der Waals surface area contributed by atoms with Gasteiger partial charge in [-0.25, -0.2) is 0 Å². The minimum absolute atomic E-state index is 0.234. The smallest absolute Gasteiger partial charge is 0.0602 e. The van der Waals surface area contributed by atoms with E-state index in [2.05, 4.69) is 67.4 Å². The van der Waals surface area contributed by atoms with Gasteiger partial charge in [0.05, 0.1) is 6.10 Å². The highest BCUT2D eigenvalue weighted by Gasteiger charge is 2.39. The molecule has 2 aromatic rings. The molecule has 0 unspecified atom stereocenters. The van der Waals surface area contributed by atoms with Crippen molar-refractivity contribution < 1.29 is 5.11 Å². The topological polar surface area (TPSA) is 23.5 Å². The van der Waals surface area contributed by atoms with Crippen molar-refractivity contribution in [3.05, 3.63) is 71.8 Å². The number of hydrogen-bond acceptors (Lipinski definition) is 2. The Hall–Kier alpha value is -1.64. The molecule has 1 heterocycles. The summed E-state index contributed by atoms with van der Waals surface area (Å²) in [6, 6.07) is 21.6. The minimum Gasteiger partial charge on any atom is -0.393 e. The van der Waals surface area contributed by atoms with Crippen LogP contribution in [0.1, 0.15) is 36.6 Å². The summed E-state index contributed by atoms with van der Waals surface area (Å²) in [4.78, 5) is 2.42. The molecule has 0 aliphatic carbocycles. The Morgan fingerprint density at radius 1 is 0.905 bits per heavy atom. The van der Waals surface area contributed by atoms with Crippen LogP contribution in [-0.2, 0) is 0 Å². The molecule has 110 valence electrons. The van der Waals surface area contributed by atoms with Crippen LogP contribution >= 0.6 is 0 Å². The van der Waals surface area contributed by atoms with Gasteiger partial charge in [0.2, 0.25) is 0 Å². The quantitative estimate of drug-likeness (QED) is 0.905. The summed E-state index contributed by atoms with van der Waals surface area (Å²) in [5, 5.41) is 10.5. The molecule has 0 spiro atoms. The van der Waals surface area contributed by atoms with E-state index in [9.17, 15) is 5.11 Å². The van der Waals surface area contributed by atoms with Crippen molar-refractivity contribution in [1.29, 1.82) is 0 Å². The number of aliphatic hydroxyl groups is 1. The van der Waals surface area contributed by atoms with Crippen LogP contribution in [0.5, 0.6) is 0 Å². The van der Waals surface area contributed by atoms with E-state index in [0.717, 1.165) is 6.42 Å². The first-order valence-electron chi connectivity index (χ1n) is 7.68. The van der Waals surface area contributed by atoms with Gasteiger partial charge in [-0.2, -0.15) is 0 Å². The van der Waals surface area contributed by atoms with Crippen molar-refractivity contribution in [3.8, 4) is 0 Å². The standard InChI is InChI=1S/C19H23NO/c1-14-18(21)13-17(15-9-5-3-6-10-15)20(2)19(14)16-11-7-4-8-12-16/h3-12,14,17-19,21H,13H2,1-2H3/t14-,17+,18-,19-/m0/s1. The van der Waals surface area contributed by atoms with E-state index in [0.29, 0.717) is 0 Å². The zero-order chi connectivity index (χ0) is 14.8. The number of hydrogen-bond donors (Lipinski definition) is 1. The first-order valence-corrected chi connectivity index (χ1v) is 7.68. The molecule has 0 aromatic heterocycles. The fourth-order valence-corrected chi connectivity index (χ4v) is 3.62. The molecule has 21 heavy (non-hydrogen) atoms. The maximum absolute atomic E-state index is 10.5. The lowest BCUT2D eigenvalue weighted by molar-refractivity contribution is -0.0328. The van der Waals surface area contributed by atoms with Gasteiger partial charge in [0, 0.05) is 18.0 Å². The average Bonchev–Trinajstić information content (AvgIpc) is 2.53. The second-order valence-corrected chi connectivity index (χ2v) is 6.11. The summed E-state index contributed by atoms with van der Waals surface area (Å²) in [5.41, 5.74) is 2.57. The molecular weight excluding hydrogens is 258 g/mol. The fraction of sp³-hybridized carbons (Fsp3) is 0.368. The van der Waals surface area contributed by atoms with Gasteiger partial charge in [0.25, 0.3) is 0 Å². The fourth-order valence-electron chi connectivity index (χ4n) is 3.62. The monoisotopic (exact) mass is 281 g/mol. The molecular formula is C19H23NO. The first-order chi connectivity index (χ1) is 10.2. The van der Waals surface area contributed by atoms with E-state index >= 15 is 0 Å². The van der Waals surface area contributed by atoms with Gasteiger partial charge < -0.3 is 5.11 Å². The van der Waals surface area contributed by atoms with Gasteiger partial charge in [0.15, 0.2) is 0 Å². The zero-order valence-electron chi connectivity index (χ0n) is 12.7. The molecule has 1 aliphatic heterocycles. The Bertz CT molecular complexity index is 569. The lowest BCUT2D eigenvalue weighted by atomic mass is 9.79. The number of rotatable bonds is 2. The number of nitrogens with zero attached hydrogens (tertiary/aromatic N) is 1. The second-order valence-electron chi connectivity index (χ2n) is 6.11. The maximum Gasteiger partial charge on any atom is 0.0602 e. The van der Waals surface area contributed by atoms with Crippen molar-refractivity contribution in [3.63, 3.8) is 0 Å². The summed E-state index contributed by atoms with van der Waals surface area (Å²) in [6.07, 6.45) is 0.530. The Labute approximate surface area is 127 Å². The number of aliphatic hydroxyl groups excluding tert-OH is 1. The molecule has 3 rings (SSSR count). The molecule has 0 saturated carbocycles. The van der Waals surface area contributed by atoms with Crippen LogP contribution in [0.25, 0.3) is 0 Å². The summed E-state index contributed by atoms with van der Waals surface area (Å²) in [7, 11) is 2.18. The molecule has 1 aliphatic rings. The van der Waals surface area contributed by atoms with Crippen LogP contribution in [0.4, 0.5) is 0 Å². The van der Waals surface area contributed by atoms with E-state index in [1.165, 1.54) is 11.1 Å². The van der Waals surface area contributed by atoms with Crippen LogP contribution in [0.3, 0.4) is 0 Å². The van der Waals surface area contributed by atoms with E-state index < -0.39 is 0 Å². The molecule has 2 heteroatoms. The van der Waals surface area contributed by atoms with Gasteiger partial charge in [-0.15, -0.1) is 0 Å². The third-order valence-electron chi connectivity index (χ3n) is 4.83. The molecule has 0 radical (unpaired) electrons. The lowest BCUT2D eigenvalue weighted by Gasteiger charge is -2.46. The van der Waals surface area contributed by atoms with Crippen molar-refractivity contribution in [2.24, 2.45) is 5.92 Å². The SMILES string of the molecule is C[C@@H]1[C@@H](c2ccccc2)N(C)[C@@H](c2ccccc2)C[C@@H]1O. The highest BCUT2D eigenvalue weighted by molar-refractivity contribution is 5.25. The predicted octanol–water partition coefficient (Wildman–Crippen LogP) is 3.80. The van der Waals surface area contributed by atoms with Crippen molar-refractivity contribution in [2.75, 3.05) is 7.05 Å². The highest BCUT2D eigenvalue weighted by Crippen LogP contribution is 2.43. The van der Waals surface area contributed by atoms with Gasteiger partial charge >= 0.3 is 0 Å². The van der Waals surface area contributed by atoms with Gasteiger partial charge in [-0.05, 0) is 24.6 Å². The van der Waals surface area contributed by atoms with Crippen LogP contribution in [0, 0.1) is 5.92 Å². The summed E-state index contributed by atoms with van der Waals surface area (Å²) in [6.45, 7) is 2.15. The van der Waals surface area contributed by atoms with Crippen LogP contribution in [0.15, 0.2) is 60.7 Å². The van der Waals surface area contributed by atoms with Crippen molar-refractivity contribution in [1.82, 2.24) is 4.90 Å². The molecule has 2 nitrogen and oxygen atoms in total. The molecule has 4 atom stereocenters. The Balaban J connectivity index is 1.96. The van der Waals surface area contributed by atoms with Gasteiger partial charge in [-0.3, -0.25) is 4.90 Å². The summed E-state index contributed by atoms with van der Waals surface area (Å²) >= 11 is 0. The van der Waals surface area contributed by atoms with Crippen LogP contribution < -0.4 is 0 Å². The molecule has 0 bridgehead atoms. The maximum atomic E-state index is 10.5. The van der Waals surface area contributed by atoms with E-state index in [1.807, 2.05) is 12.1 Å². The summed E-state index contributed by atoms with van der Waals surface area (Å²) < 4.78 is 0. The highest BCUT2D eigenvalue weighted by atomic mass is 16.3. The molecule has 1 N–H and O–H groups in total. The van der Waals surface area contributed by atoms with Crippen molar-refractivity contribution in [2.45, 2.75) is 31.5 Å².